The van der Waals surface area contributed by atoms with Crippen molar-refractivity contribution in [3.63, 3.8) is 0 Å². The Balaban J connectivity index is 2.67. The van der Waals surface area contributed by atoms with Gasteiger partial charge < -0.3 is 9.94 Å². The Bertz CT molecular complexity index is 451. The zero-order valence-electron chi connectivity index (χ0n) is 11.2. The lowest BCUT2D eigenvalue weighted by Gasteiger charge is -2.13. The summed E-state index contributed by atoms with van der Waals surface area (Å²) in [5.74, 6) is -0.966. The maximum Gasteiger partial charge on any atom is 0.339 e. The van der Waals surface area contributed by atoms with E-state index >= 15 is 0 Å². The van der Waals surface area contributed by atoms with Crippen molar-refractivity contribution in [2.45, 2.75) is 40.2 Å². The molecule has 1 unspecified atom stereocenters. The Morgan fingerprint density at radius 3 is 2.83 bits per heavy atom. The van der Waals surface area contributed by atoms with Gasteiger partial charge in [0, 0.05) is 0 Å². The molecular formula is C12H19N3O3. The maximum atomic E-state index is 10.9. The third kappa shape index (κ3) is 3.32. The van der Waals surface area contributed by atoms with Gasteiger partial charge in [0.15, 0.2) is 0 Å². The molecule has 0 amide bonds. The normalized spacial score (nSPS) is 13.4. The standard InChI is InChI=1S/C12H19N3O3/c1-5-8(2)14-18-7-9(3)15-10(4)11(6-13-15)12(16)17/h6,9H,5,7H2,1-4H3,(H,16,17). The molecule has 0 aliphatic rings. The molecule has 1 rings (SSSR count). The van der Waals surface area contributed by atoms with Gasteiger partial charge in [-0.3, -0.25) is 4.68 Å². The predicted molar refractivity (Wildman–Crippen MR) is 68.0 cm³/mol. The highest BCUT2D eigenvalue weighted by atomic mass is 16.6. The lowest BCUT2D eigenvalue weighted by molar-refractivity contribution is 0.0695. The third-order valence-corrected chi connectivity index (χ3v) is 2.74. The van der Waals surface area contributed by atoms with E-state index in [4.69, 9.17) is 9.94 Å². The van der Waals surface area contributed by atoms with Gasteiger partial charge in [-0.05, 0) is 27.2 Å². The fourth-order valence-corrected chi connectivity index (χ4v) is 1.47. The van der Waals surface area contributed by atoms with Crippen LogP contribution in [0.2, 0.25) is 0 Å². The Morgan fingerprint density at radius 1 is 1.67 bits per heavy atom. The highest BCUT2D eigenvalue weighted by Gasteiger charge is 2.16. The summed E-state index contributed by atoms with van der Waals surface area (Å²) in [6.45, 7) is 7.89. The number of hydrogen-bond donors (Lipinski definition) is 1. The first kappa shape index (κ1) is 14.2. The van der Waals surface area contributed by atoms with E-state index in [0.717, 1.165) is 12.1 Å². The predicted octanol–water partition coefficient (Wildman–Crippen LogP) is 2.25. The second-order valence-corrected chi connectivity index (χ2v) is 4.22. The molecule has 1 atom stereocenters. The molecular weight excluding hydrogens is 234 g/mol. The van der Waals surface area contributed by atoms with Crippen molar-refractivity contribution in [3.8, 4) is 0 Å². The Labute approximate surface area is 106 Å². The monoisotopic (exact) mass is 253 g/mol. The summed E-state index contributed by atoms with van der Waals surface area (Å²) < 4.78 is 1.64. The van der Waals surface area contributed by atoms with E-state index in [1.54, 1.807) is 11.6 Å². The van der Waals surface area contributed by atoms with Crippen molar-refractivity contribution in [3.05, 3.63) is 17.5 Å². The Hall–Kier alpha value is -1.85. The first-order valence-electron chi connectivity index (χ1n) is 5.90. The number of carbonyl (C=O) groups is 1. The van der Waals surface area contributed by atoms with Crippen molar-refractivity contribution in [1.29, 1.82) is 0 Å². The molecule has 6 heteroatoms. The quantitative estimate of drug-likeness (QED) is 0.623. The molecule has 6 nitrogen and oxygen atoms in total. The van der Waals surface area contributed by atoms with Gasteiger partial charge in [-0.25, -0.2) is 4.79 Å². The van der Waals surface area contributed by atoms with Crippen molar-refractivity contribution in [2.24, 2.45) is 5.16 Å². The van der Waals surface area contributed by atoms with Gasteiger partial charge in [0.2, 0.25) is 0 Å². The molecule has 0 saturated carbocycles. The average Bonchev–Trinajstić information content (AvgIpc) is 2.70. The van der Waals surface area contributed by atoms with Gasteiger partial charge in [-0.1, -0.05) is 12.1 Å². The van der Waals surface area contributed by atoms with Crippen LogP contribution in [0.1, 0.15) is 49.3 Å². The molecule has 0 aromatic carbocycles. The number of hydrogen-bond acceptors (Lipinski definition) is 4. The van der Waals surface area contributed by atoms with Gasteiger partial charge in [-0.2, -0.15) is 5.10 Å². The molecule has 0 spiro atoms. The molecule has 1 aromatic rings. The lowest BCUT2D eigenvalue weighted by Crippen LogP contribution is -2.14. The summed E-state index contributed by atoms with van der Waals surface area (Å²) in [5, 5.41) is 16.9. The summed E-state index contributed by atoms with van der Waals surface area (Å²) in [7, 11) is 0. The molecule has 0 saturated heterocycles. The van der Waals surface area contributed by atoms with Gasteiger partial charge in [-0.15, -0.1) is 0 Å². The Kier molecular flexibility index (Phi) is 4.88. The van der Waals surface area contributed by atoms with Crippen molar-refractivity contribution in [1.82, 2.24) is 9.78 Å². The number of oxime groups is 1. The minimum Gasteiger partial charge on any atom is -0.478 e. The van der Waals surface area contributed by atoms with Crippen LogP contribution in [0.5, 0.6) is 0 Å². The van der Waals surface area contributed by atoms with Crippen molar-refractivity contribution < 1.29 is 14.7 Å². The first-order chi connectivity index (χ1) is 8.47. The van der Waals surface area contributed by atoms with Crippen LogP contribution in [-0.2, 0) is 4.84 Å². The van der Waals surface area contributed by atoms with E-state index in [2.05, 4.69) is 10.3 Å². The molecule has 0 fully saturated rings. The molecule has 18 heavy (non-hydrogen) atoms. The van der Waals surface area contributed by atoms with E-state index < -0.39 is 5.97 Å². The minimum absolute atomic E-state index is 0.0634. The zero-order valence-corrected chi connectivity index (χ0v) is 11.2. The topological polar surface area (TPSA) is 76.7 Å². The fraction of sp³-hybridized carbons (Fsp3) is 0.583. The van der Waals surface area contributed by atoms with Gasteiger partial charge in [0.05, 0.1) is 23.6 Å². The second-order valence-electron chi connectivity index (χ2n) is 4.22. The minimum atomic E-state index is -0.966. The lowest BCUT2D eigenvalue weighted by atomic mass is 10.2. The molecule has 1 aromatic heterocycles. The summed E-state index contributed by atoms with van der Waals surface area (Å²) >= 11 is 0. The fourth-order valence-electron chi connectivity index (χ4n) is 1.47. The van der Waals surface area contributed by atoms with E-state index in [9.17, 15) is 4.79 Å². The van der Waals surface area contributed by atoms with E-state index in [1.165, 1.54) is 6.20 Å². The van der Waals surface area contributed by atoms with Crippen molar-refractivity contribution in [2.75, 3.05) is 6.61 Å². The van der Waals surface area contributed by atoms with Crippen LogP contribution in [-0.4, -0.2) is 33.2 Å². The highest BCUT2D eigenvalue weighted by molar-refractivity contribution is 5.88. The average molecular weight is 253 g/mol. The number of carboxylic acids is 1. The van der Waals surface area contributed by atoms with Gasteiger partial charge >= 0.3 is 5.97 Å². The van der Waals surface area contributed by atoms with Crippen LogP contribution in [0.15, 0.2) is 11.4 Å². The number of aromatic carboxylic acids is 1. The van der Waals surface area contributed by atoms with E-state index in [-0.39, 0.29) is 11.6 Å². The number of rotatable bonds is 6. The zero-order chi connectivity index (χ0) is 13.7. The van der Waals surface area contributed by atoms with E-state index in [0.29, 0.717) is 12.3 Å². The molecule has 1 N–H and O–H groups in total. The van der Waals surface area contributed by atoms with Gasteiger partial charge in [0.1, 0.15) is 12.2 Å². The molecule has 100 valence electrons. The van der Waals surface area contributed by atoms with Crippen LogP contribution in [0.3, 0.4) is 0 Å². The summed E-state index contributed by atoms with van der Waals surface area (Å²) in [5.41, 5.74) is 1.76. The van der Waals surface area contributed by atoms with Crippen LogP contribution in [0, 0.1) is 6.92 Å². The smallest absolute Gasteiger partial charge is 0.339 e. The SMILES string of the molecule is CCC(C)=NOCC(C)n1ncc(C(=O)O)c1C. The summed E-state index contributed by atoms with van der Waals surface area (Å²) in [4.78, 5) is 16.1. The summed E-state index contributed by atoms with van der Waals surface area (Å²) in [6, 6.07) is -0.0634. The molecule has 0 aliphatic carbocycles. The Morgan fingerprint density at radius 2 is 2.33 bits per heavy atom. The maximum absolute atomic E-state index is 10.9. The van der Waals surface area contributed by atoms with Gasteiger partial charge in [0.25, 0.3) is 0 Å². The third-order valence-electron chi connectivity index (χ3n) is 2.74. The van der Waals surface area contributed by atoms with E-state index in [1.807, 2.05) is 20.8 Å². The van der Waals surface area contributed by atoms with Crippen LogP contribution < -0.4 is 0 Å². The second kappa shape index (κ2) is 6.18. The molecule has 0 bridgehead atoms. The van der Waals surface area contributed by atoms with Crippen LogP contribution >= 0.6 is 0 Å². The summed E-state index contributed by atoms with van der Waals surface area (Å²) in [6.07, 6.45) is 2.20. The number of carboxylic acid groups (broad SMARTS) is 1. The number of nitrogens with zero attached hydrogens (tertiary/aromatic N) is 3. The molecule has 1 heterocycles. The van der Waals surface area contributed by atoms with Crippen LogP contribution in [0.25, 0.3) is 0 Å². The van der Waals surface area contributed by atoms with Crippen LogP contribution in [0.4, 0.5) is 0 Å². The van der Waals surface area contributed by atoms with Crippen molar-refractivity contribution >= 4 is 11.7 Å². The first-order valence-corrected chi connectivity index (χ1v) is 5.90. The largest absolute Gasteiger partial charge is 0.478 e. The highest BCUT2D eigenvalue weighted by Crippen LogP contribution is 2.13. The molecule has 0 radical (unpaired) electrons. The molecule has 0 aliphatic heterocycles. The number of aromatic nitrogens is 2.